The van der Waals surface area contributed by atoms with Crippen molar-refractivity contribution >= 4 is 28.9 Å². The lowest BCUT2D eigenvalue weighted by Gasteiger charge is -2.43. The van der Waals surface area contributed by atoms with Crippen LogP contribution >= 0.6 is 0 Å². The lowest BCUT2D eigenvalue weighted by Crippen LogP contribution is -2.61. The van der Waals surface area contributed by atoms with Crippen molar-refractivity contribution in [2.24, 2.45) is 0 Å². The highest BCUT2D eigenvalue weighted by Crippen LogP contribution is 2.36. The number of carbonyl (C=O) groups is 2. The van der Waals surface area contributed by atoms with Crippen molar-refractivity contribution in [3.63, 3.8) is 0 Å². The van der Waals surface area contributed by atoms with Crippen molar-refractivity contribution < 1.29 is 9.59 Å². The normalized spacial score (nSPS) is 19.1. The highest BCUT2D eigenvalue weighted by atomic mass is 16.2. The summed E-state index contributed by atoms with van der Waals surface area (Å²) in [6.45, 7) is 7.32. The number of piperazine rings is 1. The maximum Gasteiger partial charge on any atom is 0.250 e. The Kier molecular flexibility index (Phi) is 4.81. The summed E-state index contributed by atoms with van der Waals surface area (Å²) in [6, 6.07) is 17.8. The number of anilines is 3. The molecule has 4 rings (SSSR count). The molecule has 0 spiro atoms. The van der Waals surface area contributed by atoms with Crippen LogP contribution in [0.25, 0.3) is 0 Å². The third-order valence-corrected chi connectivity index (χ3v) is 5.61. The Labute approximate surface area is 165 Å². The first kappa shape index (κ1) is 18.5. The highest BCUT2D eigenvalue weighted by Gasteiger charge is 2.43. The summed E-state index contributed by atoms with van der Waals surface area (Å²) in [5.74, 6) is -0.200. The van der Waals surface area contributed by atoms with E-state index in [9.17, 15) is 9.59 Å². The van der Waals surface area contributed by atoms with E-state index < -0.39 is 5.54 Å². The van der Waals surface area contributed by atoms with Gasteiger partial charge < -0.3 is 10.2 Å². The number of benzene rings is 2. The summed E-state index contributed by atoms with van der Waals surface area (Å²) < 4.78 is 0. The van der Waals surface area contributed by atoms with Crippen LogP contribution in [0.15, 0.2) is 54.6 Å². The van der Waals surface area contributed by atoms with E-state index in [4.69, 9.17) is 0 Å². The maximum atomic E-state index is 13.2. The Morgan fingerprint density at radius 3 is 2.32 bits per heavy atom. The van der Waals surface area contributed by atoms with E-state index in [0.29, 0.717) is 12.2 Å². The van der Waals surface area contributed by atoms with E-state index in [1.165, 1.54) is 5.69 Å². The number of nitrogens with zero attached hydrogens (tertiary/aromatic N) is 3. The molecule has 6 nitrogen and oxygen atoms in total. The molecule has 1 fully saturated rings. The number of hydrogen-bond donors (Lipinski definition) is 1. The predicted octanol–water partition coefficient (Wildman–Crippen LogP) is 2.57. The zero-order valence-electron chi connectivity index (χ0n) is 16.4. The van der Waals surface area contributed by atoms with Gasteiger partial charge in [-0.05, 0) is 38.1 Å². The van der Waals surface area contributed by atoms with Gasteiger partial charge in [0.2, 0.25) is 11.8 Å². The van der Waals surface area contributed by atoms with Gasteiger partial charge in [-0.2, -0.15) is 0 Å². The van der Waals surface area contributed by atoms with Crippen LogP contribution in [0, 0.1) is 0 Å². The Balaban J connectivity index is 1.46. The van der Waals surface area contributed by atoms with Crippen LogP contribution in [0.3, 0.4) is 0 Å². The fourth-order valence-electron chi connectivity index (χ4n) is 3.96. The Hall–Kier alpha value is -2.86. The highest BCUT2D eigenvalue weighted by molar-refractivity contribution is 6.14. The first-order chi connectivity index (χ1) is 13.5. The first-order valence-corrected chi connectivity index (χ1v) is 9.73. The second-order valence-electron chi connectivity index (χ2n) is 7.86. The lowest BCUT2D eigenvalue weighted by molar-refractivity contribution is -0.127. The van der Waals surface area contributed by atoms with E-state index in [1.807, 2.05) is 42.5 Å². The minimum Gasteiger partial charge on any atom is -0.369 e. The van der Waals surface area contributed by atoms with Crippen molar-refractivity contribution in [2.45, 2.75) is 19.4 Å². The molecule has 2 heterocycles. The molecule has 0 saturated carbocycles. The number of fused-ring (bicyclic) bond motifs is 1. The maximum absolute atomic E-state index is 13.2. The zero-order chi connectivity index (χ0) is 19.7. The molecule has 2 aliphatic rings. The molecule has 2 aromatic carbocycles. The summed E-state index contributed by atoms with van der Waals surface area (Å²) in [4.78, 5) is 32.0. The third kappa shape index (κ3) is 3.36. The second kappa shape index (κ2) is 7.28. The number of amides is 2. The van der Waals surface area contributed by atoms with E-state index in [0.717, 1.165) is 31.9 Å². The third-order valence-electron chi connectivity index (χ3n) is 5.61. The first-order valence-electron chi connectivity index (χ1n) is 9.73. The van der Waals surface area contributed by atoms with Crippen LogP contribution < -0.4 is 15.1 Å². The molecule has 0 aromatic heterocycles. The molecular formula is C22H26N4O2. The molecule has 0 unspecified atom stereocenters. The van der Waals surface area contributed by atoms with Crippen LogP contribution in [0.1, 0.15) is 13.8 Å². The van der Waals surface area contributed by atoms with Gasteiger partial charge in [0.1, 0.15) is 5.54 Å². The Bertz CT molecular complexity index is 873. The second-order valence-corrected chi connectivity index (χ2v) is 7.86. The van der Waals surface area contributed by atoms with Gasteiger partial charge in [0.15, 0.2) is 0 Å². The van der Waals surface area contributed by atoms with E-state index >= 15 is 0 Å². The molecule has 1 N–H and O–H groups in total. The number of nitrogens with one attached hydrogen (secondary N) is 1. The van der Waals surface area contributed by atoms with Gasteiger partial charge in [-0.15, -0.1) is 0 Å². The van der Waals surface area contributed by atoms with Crippen LogP contribution in [0.2, 0.25) is 0 Å². The van der Waals surface area contributed by atoms with Crippen molar-refractivity contribution in [3.8, 4) is 0 Å². The molecule has 0 aliphatic carbocycles. The zero-order valence-corrected chi connectivity index (χ0v) is 16.4. The minimum atomic E-state index is -0.919. The fraction of sp³-hybridized carbons (Fsp3) is 0.364. The standard InChI is InChI=1S/C22H26N4O2/c1-22(2)21(28)23-18-10-6-7-11-19(18)26(22)20(27)16-24-12-14-25(15-13-24)17-8-4-3-5-9-17/h3-11H,12-16H2,1-2H3,(H,23,28). The molecule has 1 saturated heterocycles. The average Bonchev–Trinajstić information content (AvgIpc) is 2.70. The Morgan fingerprint density at radius 1 is 0.964 bits per heavy atom. The van der Waals surface area contributed by atoms with Gasteiger partial charge >= 0.3 is 0 Å². The molecule has 2 aromatic rings. The summed E-state index contributed by atoms with van der Waals surface area (Å²) in [7, 11) is 0. The average molecular weight is 378 g/mol. The molecule has 6 heteroatoms. The van der Waals surface area contributed by atoms with Crippen LogP contribution in [-0.2, 0) is 9.59 Å². The fourth-order valence-corrected chi connectivity index (χ4v) is 3.96. The molecule has 146 valence electrons. The van der Waals surface area contributed by atoms with Gasteiger partial charge in [-0.1, -0.05) is 30.3 Å². The lowest BCUT2D eigenvalue weighted by atomic mass is 9.96. The quantitative estimate of drug-likeness (QED) is 0.892. The van der Waals surface area contributed by atoms with Gasteiger partial charge in [-0.3, -0.25) is 19.4 Å². The van der Waals surface area contributed by atoms with E-state index in [2.05, 4.69) is 27.2 Å². The van der Waals surface area contributed by atoms with Gasteiger partial charge in [0, 0.05) is 31.9 Å². The molecule has 0 atom stereocenters. The van der Waals surface area contributed by atoms with Crippen LogP contribution in [-0.4, -0.2) is 55.0 Å². The largest absolute Gasteiger partial charge is 0.369 e. The van der Waals surface area contributed by atoms with Crippen LogP contribution in [0.4, 0.5) is 17.1 Å². The molecule has 2 amide bonds. The SMILES string of the molecule is CC1(C)C(=O)Nc2ccccc2N1C(=O)CN1CCN(c2ccccc2)CC1. The number of para-hydroxylation sites is 3. The van der Waals surface area contributed by atoms with Crippen molar-refractivity contribution in [3.05, 3.63) is 54.6 Å². The minimum absolute atomic E-state index is 0.0412. The van der Waals surface area contributed by atoms with Crippen molar-refractivity contribution in [2.75, 3.05) is 47.8 Å². The molecular weight excluding hydrogens is 352 g/mol. The monoisotopic (exact) mass is 378 g/mol. The number of carbonyl (C=O) groups excluding carboxylic acids is 2. The molecule has 2 aliphatic heterocycles. The van der Waals surface area contributed by atoms with Crippen LogP contribution in [0.5, 0.6) is 0 Å². The predicted molar refractivity (Wildman–Crippen MR) is 112 cm³/mol. The van der Waals surface area contributed by atoms with Gasteiger partial charge in [-0.25, -0.2) is 0 Å². The molecule has 0 bridgehead atoms. The molecule has 28 heavy (non-hydrogen) atoms. The smallest absolute Gasteiger partial charge is 0.250 e. The topological polar surface area (TPSA) is 55.9 Å². The van der Waals surface area contributed by atoms with Gasteiger partial charge in [0.25, 0.3) is 0 Å². The van der Waals surface area contributed by atoms with Crippen molar-refractivity contribution in [1.29, 1.82) is 0 Å². The summed E-state index contributed by atoms with van der Waals surface area (Å²) >= 11 is 0. The number of rotatable bonds is 3. The number of hydrogen-bond acceptors (Lipinski definition) is 4. The van der Waals surface area contributed by atoms with Gasteiger partial charge in [0.05, 0.1) is 17.9 Å². The van der Waals surface area contributed by atoms with E-state index in [1.54, 1.807) is 18.7 Å². The summed E-state index contributed by atoms with van der Waals surface area (Å²) in [5.41, 5.74) is 1.75. The molecule has 0 radical (unpaired) electrons. The Morgan fingerprint density at radius 2 is 1.61 bits per heavy atom. The summed E-state index contributed by atoms with van der Waals surface area (Å²) in [5, 5.41) is 2.91. The summed E-state index contributed by atoms with van der Waals surface area (Å²) in [6.07, 6.45) is 0. The van der Waals surface area contributed by atoms with E-state index in [-0.39, 0.29) is 11.8 Å². The van der Waals surface area contributed by atoms with Crippen molar-refractivity contribution in [1.82, 2.24) is 4.90 Å².